The second kappa shape index (κ2) is 9.44. The van der Waals surface area contributed by atoms with Crippen LogP contribution in [0.15, 0.2) is 35.7 Å². The third kappa shape index (κ3) is 4.50. The number of halogens is 2. The summed E-state index contributed by atoms with van der Waals surface area (Å²) in [6.45, 7) is 2.03. The van der Waals surface area contributed by atoms with Gasteiger partial charge >= 0.3 is 0 Å². The molecule has 0 radical (unpaired) electrons. The van der Waals surface area contributed by atoms with Gasteiger partial charge in [-0.25, -0.2) is 4.68 Å². The van der Waals surface area contributed by atoms with Crippen molar-refractivity contribution >= 4 is 40.4 Å². The van der Waals surface area contributed by atoms with Crippen molar-refractivity contribution in [1.82, 2.24) is 15.1 Å². The molecule has 2 heterocycles. The zero-order valence-electron chi connectivity index (χ0n) is 17.1. The molecular formula is C23H22Cl2N4OS. The number of thiophene rings is 1. The smallest absolute Gasteiger partial charge is 0.273 e. The molecule has 1 aliphatic carbocycles. The fourth-order valence-electron chi connectivity index (χ4n) is 4.18. The minimum atomic E-state index is -0.337. The lowest BCUT2D eigenvalue weighted by molar-refractivity contribution is 0.0913. The number of nitriles is 1. The maximum atomic E-state index is 13.2. The van der Waals surface area contributed by atoms with E-state index in [0.29, 0.717) is 27.3 Å². The van der Waals surface area contributed by atoms with Crippen LogP contribution in [0, 0.1) is 17.2 Å². The maximum Gasteiger partial charge on any atom is 0.273 e. The van der Waals surface area contributed by atoms with Gasteiger partial charge in [0.25, 0.3) is 5.91 Å². The minimum absolute atomic E-state index is 0.0220. The van der Waals surface area contributed by atoms with Crippen LogP contribution in [0.4, 0.5) is 0 Å². The lowest BCUT2D eigenvalue weighted by atomic mass is 9.84. The zero-order chi connectivity index (χ0) is 22.0. The summed E-state index contributed by atoms with van der Waals surface area (Å²) in [5.41, 5.74) is 1.46. The van der Waals surface area contributed by atoms with Crippen molar-refractivity contribution in [3.05, 3.63) is 57.0 Å². The van der Waals surface area contributed by atoms with E-state index in [2.05, 4.69) is 16.5 Å². The van der Waals surface area contributed by atoms with Gasteiger partial charge in [-0.15, -0.1) is 11.3 Å². The number of hydrogen-bond acceptors (Lipinski definition) is 4. The summed E-state index contributed by atoms with van der Waals surface area (Å²) >= 11 is 14.0. The molecule has 4 rings (SSSR count). The van der Waals surface area contributed by atoms with Crippen LogP contribution in [0.2, 0.25) is 10.0 Å². The van der Waals surface area contributed by atoms with E-state index >= 15 is 0 Å². The minimum Gasteiger partial charge on any atom is -0.348 e. The first-order valence-electron chi connectivity index (χ1n) is 10.3. The van der Waals surface area contributed by atoms with Crippen LogP contribution in [0.3, 0.4) is 0 Å². The molecule has 1 N–H and O–H groups in total. The van der Waals surface area contributed by atoms with Crippen LogP contribution in [0.25, 0.3) is 16.3 Å². The Balaban J connectivity index is 1.76. The number of aromatic nitrogens is 2. The summed E-state index contributed by atoms with van der Waals surface area (Å²) in [6.07, 6.45) is 5.87. The van der Waals surface area contributed by atoms with E-state index in [9.17, 15) is 10.1 Å². The second-order valence-corrected chi connectivity index (χ2v) is 9.62. The van der Waals surface area contributed by atoms with Crippen molar-refractivity contribution < 1.29 is 4.79 Å². The van der Waals surface area contributed by atoms with E-state index in [0.717, 1.165) is 17.7 Å². The molecule has 0 bridgehead atoms. The van der Waals surface area contributed by atoms with Crippen LogP contribution in [-0.2, 0) is 0 Å². The van der Waals surface area contributed by atoms with Crippen LogP contribution in [0.1, 0.15) is 55.1 Å². The third-order valence-electron chi connectivity index (χ3n) is 5.82. The molecule has 2 aromatic heterocycles. The molecule has 0 spiro atoms. The van der Waals surface area contributed by atoms with Gasteiger partial charge in [0.15, 0.2) is 5.69 Å². The van der Waals surface area contributed by atoms with E-state index in [1.54, 1.807) is 22.9 Å². The van der Waals surface area contributed by atoms with Crippen molar-refractivity contribution in [3.63, 3.8) is 0 Å². The highest BCUT2D eigenvalue weighted by atomic mass is 35.5. The van der Waals surface area contributed by atoms with Crippen molar-refractivity contribution in [3.8, 4) is 22.3 Å². The molecule has 3 aromatic rings. The average Bonchev–Trinajstić information content (AvgIpc) is 3.41. The number of nitrogens with one attached hydrogen (secondary N) is 1. The molecule has 160 valence electrons. The Morgan fingerprint density at radius 2 is 2.06 bits per heavy atom. The van der Waals surface area contributed by atoms with E-state index in [1.807, 2.05) is 24.4 Å². The predicted octanol–water partition coefficient (Wildman–Crippen LogP) is 6.48. The standard InChI is InChI=1S/C23H22Cl2N4OS/c1-14(15-6-3-2-4-7-15)27-23(30)21-17(13-26)22(20-8-5-11-31-20)29(28-21)19-10-9-16(24)12-18(19)25/h5,8-12,14-15H,2-4,6-7H2,1H3,(H,27,30). The van der Waals surface area contributed by atoms with Crippen LogP contribution < -0.4 is 5.32 Å². The Kier molecular flexibility index (Phi) is 6.66. The Bertz CT molecular complexity index is 1130. The number of benzene rings is 1. The molecular weight excluding hydrogens is 451 g/mol. The van der Waals surface area contributed by atoms with Crippen molar-refractivity contribution in [2.24, 2.45) is 5.92 Å². The molecule has 31 heavy (non-hydrogen) atoms. The summed E-state index contributed by atoms with van der Waals surface area (Å²) in [6, 6.07) is 11.1. The second-order valence-electron chi connectivity index (χ2n) is 7.83. The van der Waals surface area contributed by atoms with E-state index in [4.69, 9.17) is 23.2 Å². The molecule has 1 atom stereocenters. The van der Waals surface area contributed by atoms with Gasteiger partial charge in [0.1, 0.15) is 17.3 Å². The number of carbonyl (C=O) groups is 1. The summed E-state index contributed by atoms with van der Waals surface area (Å²) < 4.78 is 1.57. The van der Waals surface area contributed by atoms with Crippen LogP contribution >= 0.6 is 34.5 Å². The lowest BCUT2D eigenvalue weighted by Crippen LogP contribution is -2.39. The third-order valence-corrected chi connectivity index (χ3v) is 7.23. The lowest BCUT2D eigenvalue weighted by Gasteiger charge is -2.28. The molecule has 0 aliphatic heterocycles. The monoisotopic (exact) mass is 472 g/mol. The van der Waals surface area contributed by atoms with Gasteiger partial charge in [-0.3, -0.25) is 4.79 Å². The van der Waals surface area contributed by atoms with Gasteiger partial charge in [0.05, 0.1) is 15.6 Å². The first-order valence-corrected chi connectivity index (χ1v) is 12.0. The number of amides is 1. The normalized spacial score (nSPS) is 15.4. The molecule has 1 aliphatic rings. The van der Waals surface area contributed by atoms with Crippen molar-refractivity contribution in [2.75, 3.05) is 0 Å². The van der Waals surface area contributed by atoms with Gasteiger partial charge in [0, 0.05) is 11.1 Å². The molecule has 1 saturated carbocycles. The zero-order valence-corrected chi connectivity index (χ0v) is 19.4. The molecule has 0 saturated heterocycles. The predicted molar refractivity (Wildman–Crippen MR) is 125 cm³/mol. The van der Waals surface area contributed by atoms with Gasteiger partial charge in [-0.2, -0.15) is 10.4 Å². The number of nitrogens with zero attached hydrogens (tertiary/aromatic N) is 3. The number of rotatable bonds is 5. The Labute approximate surface area is 195 Å². The summed E-state index contributed by atoms with van der Waals surface area (Å²) in [4.78, 5) is 14.0. The highest BCUT2D eigenvalue weighted by Gasteiger charge is 2.29. The van der Waals surface area contributed by atoms with Crippen molar-refractivity contribution in [2.45, 2.75) is 45.1 Å². The first-order chi connectivity index (χ1) is 15.0. The van der Waals surface area contributed by atoms with Gasteiger partial charge < -0.3 is 5.32 Å². The van der Waals surface area contributed by atoms with Gasteiger partial charge in [-0.05, 0) is 55.3 Å². The molecule has 1 amide bonds. The van der Waals surface area contributed by atoms with E-state index < -0.39 is 0 Å². The first kappa shape index (κ1) is 21.9. The number of hydrogen-bond donors (Lipinski definition) is 1. The largest absolute Gasteiger partial charge is 0.348 e. The van der Waals surface area contributed by atoms with Gasteiger partial charge in [-0.1, -0.05) is 48.5 Å². The Morgan fingerprint density at radius 1 is 1.29 bits per heavy atom. The molecule has 1 aromatic carbocycles. The fraction of sp³-hybridized carbons (Fsp3) is 0.348. The van der Waals surface area contributed by atoms with Gasteiger partial charge in [0.2, 0.25) is 0 Å². The molecule has 1 fully saturated rings. The summed E-state index contributed by atoms with van der Waals surface area (Å²) in [5.74, 6) is 0.115. The summed E-state index contributed by atoms with van der Waals surface area (Å²) in [5, 5.41) is 20.4. The Morgan fingerprint density at radius 3 is 2.71 bits per heavy atom. The number of carbonyl (C=O) groups excluding carboxylic acids is 1. The SMILES string of the molecule is CC(NC(=O)c1nn(-c2ccc(Cl)cc2Cl)c(-c2cccs2)c1C#N)C1CCCCC1. The highest BCUT2D eigenvalue weighted by Crippen LogP contribution is 2.35. The van der Waals surface area contributed by atoms with Crippen LogP contribution in [0.5, 0.6) is 0 Å². The topological polar surface area (TPSA) is 70.7 Å². The highest BCUT2D eigenvalue weighted by molar-refractivity contribution is 7.13. The Hall–Kier alpha value is -2.33. The average molecular weight is 473 g/mol. The van der Waals surface area contributed by atoms with E-state index in [-0.39, 0.29) is 23.2 Å². The van der Waals surface area contributed by atoms with E-state index in [1.165, 1.54) is 30.6 Å². The fourth-order valence-corrected chi connectivity index (χ4v) is 5.43. The maximum absolute atomic E-state index is 13.2. The molecule has 8 heteroatoms. The molecule has 1 unspecified atom stereocenters. The summed E-state index contributed by atoms with van der Waals surface area (Å²) in [7, 11) is 0. The molecule has 5 nitrogen and oxygen atoms in total. The quantitative estimate of drug-likeness (QED) is 0.461. The van der Waals surface area contributed by atoms with Crippen LogP contribution in [-0.4, -0.2) is 21.7 Å². The van der Waals surface area contributed by atoms with Crippen molar-refractivity contribution in [1.29, 1.82) is 5.26 Å².